The smallest absolute Gasteiger partial charge is 0.262 e. The predicted molar refractivity (Wildman–Crippen MR) is 136 cm³/mol. The molecule has 7 nitrogen and oxygen atoms in total. The van der Waals surface area contributed by atoms with Crippen LogP contribution < -0.4 is 20.3 Å². The molecule has 0 bridgehead atoms. The van der Waals surface area contributed by atoms with Crippen LogP contribution >= 0.6 is 11.6 Å². The number of rotatable bonds is 8. The van der Waals surface area contributed by atoms with E-state index in [2.05, 4.69) is 10.6 Å². The molecule has 2 N–H and O–H groups in total. The highest BCUT2D eigenvalue weighted by molar-refractivity contribution is 6.31. The maximum absolute atomic E-state index is 12.6. The average Bonchev–Trinajstić information content (AvgIpc) is 3.26. The minimum absolute atomic E-state index is 0.102. The van der Waals surface area contributed by atoms with Crippen molar-refractivity contribution in [2.24, 2.45) is 5.92 Å². The summed E-state index contributed by atoms with van der Waals surface area (Å²) in [6.07, 6.45) is 0.169. The van der Waals surface area contributed by atoms with Gasteiger partial charge in [-0.3, -0.25) is 14.4 Å². The molecule has 0 spiro atoms. The monoisotopic (exact) mass is 491 g/mol. The van der Waals surface area contributed by atoms with Crippen molar-refractivity contribution in [1.29, 1.82) is 0 Å². The first kappa shape index (κ1) is 24.3. The zero-order valence-electron chi connectivity index (χ0n) is 19.3. The Kier molecular flexibility index (Phi) is 7.67. The molecule has 1 saturated heterocycles. The lowest BCUT2D eigenvalue weighted by Crippen LogP contribution is -2.32. The van der Waals surface area contributed by atoms with E-state index >= 15 is 0 Å². The third kappa shape index (κ3) is 6.39. The lowest BCUT2D eigenvalue weighted by atomic mass is 10.1. The van der Waals surface area contributed by atoms with Gasteiger partial charge in [-0.05, 0) is 54.4 Å². The van der Waals surface area contributed by atoms with E-state index in [9.17, 15) is 14.4 Å². The fourth-order valence-corrected chi connectivity index (χ4v) is 4.02. The van der Waals surface area contributed by atoms with E-state index in [-0.39, 0.29) is 30.7 Å². The number of halogens is 1. The van der Waals surface area contributed by atoms with E-state index in [1.54, 1.807) is 41.3 Å². The second-order valence-electron chi connectivity index (χ2n) is 8.40. The summed E-state index contributed by atoms with van der Waals surface area (Å²) in [6, 6.07) is 21.8. The molecule has 0 aromatic heterocycles. The maximum atomic E-state index is 12.6. The molecule has 0 saturated carbocycles. The van der Waals surface area contributed by atoms with Gasteiger partial charge in [0.25, 0.3) is 5.91 Å². The summed E-state index contributed by atoms with van der Waals surface area (Å²) in [4.78, 5) is 38.9. The van der Waals surface area contributed by atoms with E-state index < -0.39 is 5.92 Å². The lowest BCUT2D eigenvalue weighted by Gasteiger charge is -2.17. The van der Waals surface area contributed by atoms with Crippen LogP contribution in [0.2, 0.25) is 5.02 Å². The second kappa shape index (κ2) is 11.1. The lowest BCUT2D eigenvalue weighted by molar-refractivity contribution is -0.126. The number of hydrogen-bond donors (Lipinski definition) is 2. The Morgan fingerprint density at radius 2 is 1.80 bits per heavy atom. The second-order valence-corrected chi connectivity index (χ2v) is 8.84. The number of carbonyl (C=O) groups is 3. The first-order valence-corrected chi connectivity index (χ1v) is 11.7. The number of benzene rings is 3. The molecule has 3 aromatic rings. The van der Waals surface area contributed by atoms with Gasteiger partial charge >= 0.3 is 0 Å². The number of carbonyl (C=O) groups excluding carboxylic acids is 3. The maximum Gasteiger partial charge on any atom is 0.262 e. The van der Waals surface area contributed by atoms with Crippen LogP contribution in [0.1, 0.15) is 17.5 Å². The molecule has 0 aliphatic carbocycles. The van der Waals surface area contributed by atoms with Crippen LogP contribution in [0.4, 0.5) is 11.4 Å². The summed E-state index contributed by atoms with van der Waals surface area (Å²) in [5.41, 5.74) is 3.22. The van der Waals surface area contributed by atoms with Gasteiger partial charge in [-0.2, -0.15) is 0 Å². The highest BCUT2D eigenvalue weighted by atomic mass is 35.5. The summed E-state index contributed by atoms with van der Waals surface area (Å²) in [5.74, 6) is -0.449. The van der Waals surface area contributed by atoms with Gasteiger partial charge in [0.1, 0.15) is 5.75 Å². The van der Waals surface area contributed by atoms with Crippen molar-refractivity contribution in [3.05, 3.63) is 88.9 Å². The Morgan fingerprint density at radius 3 is 2.54 bits per heavy atom. The van der Waals surface area contributed by atoms with Crippen molar-refractivity contribution in [2.45, 2.75) is 19.9 Å². The first-order chi connectivity index (χ1) is 16.9. The number of ether oxygens (including phenoxy) is 1. The van der Waals surface area contributed by atoms with Crippen molar-refractivity contribution in [3.63, 3.8) is 0 Å². The first-order valence-electron chi connectivity index (χ1n) is 11.3. The number of anilines is 2. The third-order valence-corrected chi connectivity index (χ3v) is 6.03. The standard InChI is InChI=1S/C27H26ClN3O4/c1-18-7-8-21(28)14-24(18)30-25(32)17-35-23-11-9-22(10-12-23)31-16-20(13-26(31)33)27(34)29-15-19-5-3-2-4-6-19/h2-12,14,20H,13,15-17H2,1H3,(H,29,34)(H,30,32)/t20-/m1/s1. The van der Waals surface area contributed by atoms with E-state index in [0.29, 0.717) is 35.2 Å². The van der Waals surface area contributed by atoms with Crippen LogP contribution in [-0.4, -0.2) is 30.9 Å². The van der Waals surface area contributed by atoms with E-state index in [1.807, 2.05) is 43.3 Å². The largest absolute Gasteiger partial charge is 0.484 e. The molecular weight excluding hydrogens is 466 g/mol. The van der Waals surface area contributed by atoms with Crippen LogP contribution in [0.5, 0.6) is 5.75 Å². The average molecular weight is 492 g/mol. The van der Waals surface area contributed by atoms with Gasteiger partial charge in [-0.1, -0.05) is 48.0 Å². The number of amides is 3. The van der Waals surface area contributed by atoms with E-state index in [0.717, 1.165) is 11.1 Å². The molecule has 1 atom stereocenters. The normalized spacial score (nSPS) is 15.1. The zero-order chi connectivity index (χ0) is 24.8. The van der Waals surface area contributed by atoms with Gasteiger partial charge in [0.15, 0.2) is 6.61 Å². The predicted octanol–water partition coefficient (Wildman–Crippen LogP) is 4.34. The Hall–Kier alpha value is -3.84. The summed E-state index contributed by atoms with van der Waals surface area (Å²) < 4.78 is 5.58. The van der Waals surface area contributed by atoms with Crippen molar-refractivity contribution in [3.8, 4) is 5.75 Å². The number of aryl methyl sites for hydroxylation is 1. The molecule has 1 heterocycles. The molecular formula is C27H26ClN3O4. The van der Waals surface area contributed by atoms with Crippen molar-refractivity contribution in [1.82, 2.24) is 5.32 Å². The topological polar surface area (TPSA) is 87.7 Å². The summed E-state index contributed by atoms with van der Waals surface area (Å²) in [6.45, 7) is 2.46. The van der Waals surface area contributed by atoms with Gasteiger partial charge in [-0.25, -0.2) is 0 Å². The van der Waals surface area contributed by atoms with Gasteiger partial charge in [0, 0.05) is 35.9 Å². The Morgan fingerprint density at radius 1 is 1.06 bits per heavy atom. The quantitative estimate of drug-likeness (QED) is 0.491. The molecule has 4 rings (SSSR count). The minimum atomic E-state index is -0.402. The van der Waals surface area contributed by atoms with Gasteiger partial charge in [0.05, 0.1) is 5.92 Å². The molecule has 0 radical (unpaired) electrons. The third-order valence-electron chi connectivity index (χ3n) is 5.80. The summed E-state index contributed by atoms with van der Waals surface area (Å²) >= 11 is 5.99. The molecule has 180 valence electrons. The molecule has 3 aromatic carbocycles. The highest BCUT2D eigenvalue weighted by Gasteiger charge is 2.35. The molecule has 3 amide bonds. The SMILES string of the molecule is Cc1ccc(Cl)cc1NC(=O)COc1ccc(N2C[C@H](C(=O)NCc3ccccc3)CC2=O)cc1. The minimum Gasteiger partial charge on any atom is -0.484 e. The van der Waals surface area contributed by atoms with Gasteiger partial charge < -0.3 is 20.3 Å². The molecule has 8 heteroatoms. The van der Waals surface area contributed by atoms with Crippen molar-refractivity contribution < 1.29 is 19.1 Å². The Bertz CT molecular complexity index is 1210. The van der Waals surface area contributed by atoms with Crippen LogP contribution in [0.3, 0.4) is 0 Å². The molecule has 35 heavy (non-hydrogen) atoms. The summed E-state index contributed by atoms with van der Waals surface area (Å²) in [5, 5.41) is 6.23. The van der Waals surface area contributed by atoms with E-state index in [4.69, 9.17) is 16.3 Å². The Labute approximate surface area is 209 Å². The Balaban J connectivity index is 1.28. The van der Waals surface area contributed by atoms with Crippen LogP contribution in [0, 0.1) is 12.8 Å². The van der Waals surface area contributed by atoms with Crippen LogP contribution in [0.15, 0.2) is 72.8 Å². The molecule has 1 aliphatic heterocycles. The van der Waals surface area contributed by atoms with Crippen molar-refractivity contribution in [2.75, 3.05) is 23.4 Å². The number of nitrogens with one attached hydrogen (secondary N) is 2. The fourth-order valence-electron chi connectivity index (χ4n) is 3.85. The molecule has 1 fully saturated rings. The van der Waals surface area contributed by atoms with Gasteiger partial charge in [0.2, 0.25) is 11.8 Å². The summed E-state index contributed by atoms with van der Waals surface area (Å²) in [7, 11) is 0. The van der Waals surface area contributed by atoms with E-state index in [1.165, 1.54) is 0 Å². The zero-order valence-corrected chi connectivity index (χ0v) is 20.0. The fraction of sp³-hybridized carbons (Fsp3) is 0.222. The number of hydrogen-bond acceptors (Lipinski definition) is 4. The molecule has 1 aliphatic rings. The van der Waals surface area contributed by atoms with Crippen LogP contribution in [-0.2, 0) is 20.9 Å². The van der Waals surface area contributed by atoms with Crippen molar-refractivity contribution >= 4 is 40.7 Å². The highest BCUT2D eigenvalue weighted by Crippen LogP contribution is 2.27. The van der Waals surface area contributed by atoms with Gasteiger partial charge in [-0.15, -0.1) is 0 Å². The molecule has 0 unspecified atom stereocenters. The van der Waals surface area contributed by atoms with Crippen LogP contribution in [0.25, 0.3) is 0 Å². The number of nitrogens with zero attached hydrogens (tertiary/aromatic N) is 1.